The highest BCUT2D eigenvalue weighted by Crippen LogP contribution is 2.25. The van der Waals surface area contributed by atoms with Crippen LogP contribution in [0.25, 0.3) is 0 Å². The molecule has 0 aliphatic carbocycles. The lowest BCUT2D eigenvalue weighted by Gasteiger charge is -2.18. The van der Waals surface area contributed by atoms with Gasteiger partial charge in [0.15, 0.2) is 0 Å². The first-order valence-corrected chi connectivity index (χ1v) is 10.00. The largest absolute Gasteiger partial charge is 0.497 e. The lowest BCUT2D eigenvalue weighted by Crippen LogP contribution is -2.41. The average molecular weight is 374 g/mol. The molecule has 1 atom stereocenters. The number of nitrogens with one attached hydrogen (secondary N) is 1. The average Bonchev–Trinajstić information content (AvgIpc) is 3.01. The Morgan fingerprint density at radius 3 is 2.50 bits per heavy atom. The molecule has 0 unspecified atom stereocenters. The number of hydrogen-bond acceptors (Lipinski definition) is 4. The molecule has 1 saturated heterocycles. The zero-order valence-electron chi connectivity index (χ0n) is 14.8. The SMILES string of the molecule is CCc1ccccc1S(=O)(=O)N[C@@H]1CCN(c2ccc(OC)cc2)C1=O. The van der Waals surface area contributed by atoms with Gasteiger partial charge in [0.25, 0.3) is 0 Å². The van der Waals surface area contributed by atoms with Crippen molar-refractivity contribution in [3.8, 4) is 5.75 Å². The Labute approximate surface area is 153 Å². The van der Waals surface area contributed by atoms with Crippen molar-refractivity contribution in [3.05, 3.63) is 54.1 Å². The van der Waals surface area contributed by atoms with Gasteiger partial charge >= 0.3 is 0 Å². The number of methoxy groups -OCH3 is 1. The van der Waals surface area contributed by atoms with E-state index in [4.69, 9.17) is 4.74 Å². The van der Waals surface area contributed by atoms with Gasteiger partial charge in [0.05, 0.1) is 12.0 Å². The van der Waals surface area contributed by atoms with Crippen LogP contribution in [0.5, 0.6) is 5.75 Å². The summed E-state index contributed by atoms with van der Waals surface area (Å²) >= 11 is 0. The van der Waals surface area contributed by atoms with Crippen molar-refractivity contribution in [2.24, 2.45) is 0 Å². The summed E-state index contributed by atoms with van der Waals surface area (Å²) in [7, 11) is -2.17. The number of hydrogen-bond donors (Lipinski definition) is 1. The topological polar surface area (TPSA) is 75.7 Å². The van der Waals surface area contributed by atoms with Crippen LogP contribution in [0.4, 0.5) is 5.69 Å². The Kier molecular flexibility index (Phi) is 5.29. The van der Waals surface area contributed by atoms with Crippen LogP contribution in [0, 0.1) is 0 Å². The Balaban J connectivity index is 1.77. The van der Waals surface area contributed by atoms with Crippen LogP contribution in [-0.4, -0.2) is 34.0 Å². The fourth-order valence-corrected chi connectivity index (χ4v) is 4.65. The second-order valence-corrected chi connectivity index (χ2v) is 7.79. The second kappa shape index (κ2) is 7.47. The van der Waals surface area contributed by atoms with Gasteiger partial charge in [-0.2, -0.15) is 4.72 Å². The third kappa shape index (κ3) is 3.59. The Morgan fingerprint density at radius 2 is 1.85 bits per heavy atom. The fraction of sp³-hybridized carbons (Fsp3) is 0.316. The number of aryl methyl sites for hydroxylation is 1. The van der Waals surface area contributed by atoms with Crippen LogP contribution in [0.2, 0.25) is 0 Å². The van der Waals surface area contributed by atoms with E-state index in [1.165, 1.54) is 0 Å². The molecule has 0 radical (unpaired) electrons. The maximum absolute atomic E-state index is 12.7. The van der Waals surface area contributed by atoms with Gasteiger partial charge in [0.1, 0.15) is 11.8 Å². The number of carbonyl (C=O) groups excluding carboxylic acids is 1. The molecule has 3 rings (SSSR count). The first kappa shape index (κ1) is 18.4. The molecule has 1 amide bonds. The van der Waals surface area contributed by atoms with Gasteiger partial charge in [0, 0.05) is 12.2 Å². The van der Waals surface area contributed by atoms with E-state index in [9.17, 15) is 13.2 Å². The summed E-state index contributed by atoms with van der Waals surface area (Å²) in [6, 6.07) is 13.2. The quantitative estimate of drug-likeness (QED) is 0.842. The van der Waals surface area contributed by atoms with Crippen molar-refractivity contribution in [3.63, 3.8) is 0 Å². The molecular weight excluding hydrogens is 352 g/mol. The van der Waals surface area contributed by atoms with Gasteiger partial charge in [-0.15, -0.1) is 0 Å². The lowest BCUT2D eigenvalue weighted by atomic mass is 10.2. The number of nitrogens with zero attached hydrogens (tertiary/aromatic N) is 1. The molecule has 2 aromatic carbocycles. The van der Waals surface area contributed by atoms with Crippen molar-refractivity contribution >= 4 is 21.6 Å². The van der Waals surface area contributed by atoms with Crippen molar-refractivity contribution < 1.29 is 17.9 Å². The number of ether oxygens (including phenoxy) is 1. The smallest absolute Gasteiger partial charge is 0.245 e. The van der Waals surface area contributed by atoms with Gasteiger partial charge in [-0.1, -0.05) is 25.1 Å². The van der Waals surface area contributed by atoms with Crippen LogP contribution < -0.4 is 14.4 Å². The first-order valence-electron chi connectivity index (χ1n) is 8.52. The van der Waals surface area contributed by atoms with Crippen LogP contribution in [-0.2, 0) is 21.2 Å². The van der Waals surface area contributed by atoms with Gasteiger partial charge in [-0.25, -0.2) is 8.42 Å². The molecule has 1 heterocycles. The Morgan fingerprint density at radius 1 is 1.15 bits per heavy atom. The number of sulfonamides is 1. The molecule has 1 N–H and O–H groups in total. The summed E-state index contributed by atoms with van der Waals surface area (Å²) in [4.78, 5) is 14.5. The zero-order valence-corrected chi connectivity index (χ0v) is 15.6. The number of carbonyl (C=O) groups is 1. The molecule has 138 valence electrons. The molecule has 7 heteroatoms. The standard InChI is InChI=1S/C19H22N2O4S/c1-3-14-6-4-5-7-18(14)26(23,24)20-17-12-13-21(19(17)22)15-8-10-16(25-2)11-9-15/h4-11,17,20H,3,12-13H2,1-2H3/t17-/m1/s1. The highest BCUT2D eigenvalue weighted by atomic mass is 32.2. The van der Waals surface area contributed by atoms with E-state index < -0.39 is 16.1 Å². The third-order valence-electron chi connectivity index (χ3n) is 4.53. The summed E-state index contributed by atoms with van der Waals surface area (Å²) in [5.41, 5.74) is 1.46. The minimum Gasteiger partial charge on any atom is -0.497 e. The second-order valence-electron chi connectivity index (χ2n) is 6.11. The molecule has 0 saturated carbocycles. The van der Waals surface area contributed by atoms with Crippen molar-refractivity contribution in [2.45, 2.75) is 30.7 Å². The maximum Gasteiger partial charge on any atom is 0.245 e. The van der Waals surface area contributed by atoms with Crippen LogP contribution in [0.3, 0.4) is 0 Å². The van der Waals surface area contributed by atoms with Crippen LogP contribution >= 0.6 is 0 Å². The molecule has 0 aromatic heterocycles. The number of benzene rings is 2. The Hall–Kier alpha value is -2.38. The van der Waals surface area contributed by atoms with E-state index in [0.717, 1.165) is 11.3 Å². The summed E-state index contributed by atoms with van der Waals surface area (Å²) in [6.45, 7) is 2.37. The van der Waals surface area contributed by atoms with Crippen LogP contribution in [0.1, 0.15) is 18.9 Å². The summed E-state index contributed by atoms with van der Waals surface area (Å²) in [5, 5.41) is 0. The van der Waals surface area contributed by atoms with Gasteiger partial charge in [0.2, 0.25) is 15.9 Å². The van der Waals surface area contributed by atoms with Crippen molar-refractivity contribution in [1.29, 1.82) is 0 Å². The van der Waals surface area contributed by atoms with Crippen LogP contribution in [0.15, 0.2) is 53.4 Å². The summed E-state index contributed by atoms with van der Waals surface area (Å²) < 4.78 is 33.2. The lowest BCUT2D eigenvalue weighted by molar-refractivity contribution is -0.118. The van der Waals surface area contributed by atoms with E-state index >= 15 is 0 Å². The minimum absolute atomic E-state index is 0.234. The molecule has 1 aliphatic heterocycles. The molecule has 1 fully saturated rings. The third-order valence-corrected chi connectivity index (χ3v) is 6.10. The molecule has 0 bridgehead atoms. The molecule has 1 aliphatic rings. The normalized spacial score (nSPS) is 17.5. The highest BCUT2D eigenvalue weighted by Gasteiger charge is 2.36. The Bertz CT molecular complexity index is 894. The number of anilines is 1. The summed E-state index contributed by atoms with van der Waals surface area (Å²) in [5.74, 6) is 0.460. The van der Waals surface area contributed by atoms with Gasteiger partial charge < -0.3 is 9.64 Å². The van der Waals surface area contributed by atoms with Gasteiger partial charge in [-0.3, -0.25) is 4.79 Å². The van der Waals surface area contributed by atoms with E-state index in [1.807, 2.05) is 13.0 Å². The number of rotatable bonds is 6. The van der Waals surface area contributed by atoms with Crippen molar-refractivity contribution in [2.75, 3.05) is 18.6 Å². The molecular formula is C19H22N2O4S. The van der Waals surface area contributed by atoms with E-state index in [0.29, 0.717) is 25.1 Å². The molecule has 6 nitrogen and oxygen atoms in total. The number of amides is 1. The molecule has 0 spiro atoms. The predicted molar refractivity (Wildman–Crippen MR) is 99.9 cm³/mol. The van der Waals surface area contributed by atoms with Gasteiger partial charge in [-0.05, 0) is 48.7 Å². The summed E-state index contributed by atoms with van der Waals surface area (Å²) in [6.07, 6.45) is 1.03. The molecule has 26 heavy (non-hydrogen) atoms. The maximum atomic E-state index is 12.7. The minimum atomic E-state index is -3.75. The monoisotopic (exact) mass is 374 g/mol. The first-order chi connectivity index (χ1) is 12.5. The predicted octanol–water partition coefficient (Wildman–Crippen LogP) is 2.34. The highest BCUT2D eigenvalue weighted by molar-refractivity contribution is 7.89. The van der Waals surface area contributed by atoms with Crippen molar-refractivity contribution in [1.82, 2.24) is 4.72 Å². The zero-order chi connectivity index (χ0) is 18.7. The fourth-order valence-electron chi connectivity index (χ4n) is 3.12. The van der Waals surface area contributed by atoms with E-state index in [-0.39, 0.29) is 10.8 Å². The van der Waals surface area contributed by atoms with E-state index in [1.54, 1.807) is 54.5 Å². The molecule has 2 aromatic rings. The van der Waals surface area contributed by atoms with E-state index in [2.05, 4.69) is 4.72 Å².